The van der Waals surface area contributed by atoms with Gasteiger partial charge in [-0.2, -0.15) is 11.8 Å². The molecule has 1 aromatic rings. The van der Waals surface area contributed by atoms with E-state index in [-0.39, 0.29) is 12.2 Å². The van der Waals surface area contributed by atoms with Crippen molar-refractivity contribution in [2.24, 2.45) is 5.92 Å². The Morgan fingerprint density at radius 2 is 2.35 bits per heavy atom. The SMILES string of the molecule is CC(C)CC1NC(c2cccs2)N(C2CCSC2)C1=O. The summed E-state index contributed by atoms with van der Waals surface area (Å²) in [5, 5.41) is 5.68. The summed E-state index contributed by atoms with van der Waals surface area (Å²) in [5.41, 5.74) is 0. The molecule has 2 fully saturated rings. The average Bonchev–Trinajstić information content (AvgIpc) is 3.10. The summed E-state index contributed by atoms with van der Waals surface area (Å²) in [4.78, 5) is 16.2. The minimum Gasteiger partial charge on any atom is -0.317 e. The zero-order valence-corrected chi connectivity index (χ0v) is 13.7. The van der Waals surface area contributed by atoms with Gasteiger partial charge in [0.25, 0.3) is 0 Å². The van der Waals surface area contributed by atoms with Gasteiger partial charge >= 0.3 is 0 Å². The van der Waals surface area contributed by atoms with E-state index in [0.29, 0.717) is 17.9 Å². The van der Waals surface area contributed by atoms with Gasteiger partial charge < -0.3 is 4.90 Å². The molecule has 3 atom stereocenters. The molecular weight excluding hydrogens is 288 g/mol. The van der Waals surface area contributed by atoms with Gasteiger partial charge in [-0.3, -0.25) is 10.1 Å². The average molecular weight is 310 g/mol. The van der Waals surface area contributed by atoms with Crippen LogP contribution in [-0.4, -0.2) is 34.4 Å². The van der Waals surface area contributed by atoms with Crippen LogP contribution in [-0.2, 0) is 4.79 Å². The molecule has 0 bridgehead atoms. The van der Waals surface area contributed by atoms with Crippen molar-refractivity contribution >= 4 is 29.0 Å². The molecule has 2 saturated heterocycles. The van der Waals surface area contributed by atoms with Gasteiger partial charge in [-0.15, -0.1) is 11.3 Å². The van der Waals surface area contributed by atoms with E-state index in [1.165, 1.54) is 10.6 Å². The fourth-order valence-electron chi connectivity index (χ4n) is 3.09. The first kappa shape index (κ1) is 14.4. The lowest BCUT2D eigenvalue weighted by atomic mass is 10.0. The monoisotopic (exact) mass is 310 g/mol. The fourth-order valence-corrected chi connectivity index (χ4v) is 5.07. The van der Waals surface area contributed by atoms with E-state index in [1.807, 2.05) is 11.8 Å². The summed E-state index contributed by atoms with van der Waals surface area (Å²) >= 11 is 3.71. The van der Waals surface area contributed by atoms with Crippen molar-refractivity contribution < 1.29 is 4.79 Å². The molecule has 3 nitrogen and oxygen atoms in total. The highest BCUT2D eigenvalue weighted by molar-refractivity contribution is 7.99. The van der Waals surface area contributed by atoms with Crippen molar-refractivity contribution in [1.29, 1.82) is 0 Å². The lowest BCUT2D eigenvalue weighted by Crippen LogP contribution is -2.40. The molecule has 3 heterocycles. The lowest BCUT2D eigenvalue weighted by molar-refractivity contribution is -0.132. The van der Waals surface area contributed by atoms with Crippen LogP contribution < -0.4 is 5.32 Å². The van der Waals surface area contributed by atoms with Gasteiger partial charge in [-0.05, 0) is 36.0 Å². The number of nitrogens with one attached hydrogen (secondary N) is 1. The number of nitrogens with zero attached hydrogens (tertiary/aromatic N) is 1. The summed E-state index contributed by atoms with van der Waals surface area (Å²) in [6.07, 6.45) is 2.15. The predicted octanol–water partition coefficient (Wildman–Crippen LogP) is 3.10. The van der Waals surface area contributed by atoms with Crippen LogP contribution >= 0.6 is 23.1 Å². The van der Waals surface area contributed by atoms with E-state index in [1.54, 1.807) is 11.3 Å². The number of thioether (sulfide) groups is 1. The Morgan fingerprint density at radius 3 is 2.95 bits per heavy atom. The maximum Gasteiger partial charge on any atom is 0.241 e. The second kappa shape index (κ2) is 6.08. The lowest BCUT2D eigenvalue weighted by Gasteiger charge is -2.29. The number of rotatable bonds is 4. The van der Waals surface area contributed by atoms with E-state index in [2.05, 4.69) is 41.6 Å². The number of hydrogen-bond acceptors (Lipinski definition) is 4. The molecular formula is C15H22N2OS2. The molecule has 110 valence electrons. The largest absolute Gasteiger partial charge is 0.317 e. The topological polar surface area (TPSA) is 32.3 Å². The van der Waals surface area contributed by atoms with Crippen molar-refractivity contribution in [3.8, 4) is 0 Å². The van der Waals surface area contributed by atoms with Gasteiger partial charge in [-0.1, -0.05) is 19.9 Å². The molecule has 1 N–H and O–H groups in total. The normalized spacial score (nSPS) is 30.6. The number of hydrogen-bond donors (Lipinski definition) is 1. The second-order valence-corrected chi connectivity index (χ2v) is 8.16. The molecule has 1 aromatic heterocycles. The van der Waals surface area contributed by atoms with Crippen molar-refractivity contribution in [3.63, 3.8) is 0 Å². The Hall–Kier alpha value is -0.520. The van der Waals surface area contributed by atoms with Crippen LogP contribution in [0.1, 0.15) is 37.7 Å². The van der Waals surface area contributed by atoms with Gasteiger partial charge in [0.15, 0.2) is 0 Å². The molecule has 0 spiro atoms. The molecule has 0 saturated carbocycles. The van der Waals surface area contributed by atoms with Crippen LogP contribution in [0.4, 0.5) is 0 Å². The maximum absolute atomic E-state index is 12.8. The van der Waals surface area contributed by atoms with Crippen molar-refractivity contribution in [2.75, 3.05) is 11.5 Å². The quantitative estimate of drug-likeness (QED) is 0.927. The predicted molar refractivity (Wildman–Crippen MR) is 86.0 cm³/mol. The van der Waals surface area contributed by atoms with Gasteiger partial charge in [0.05, 0.1) is 6.04 Å². The standard InChI is InChI=1S/C15H22N2OS2/c1-10(2)8-12-15(18)17(11-5-7-19-9-11)14(16-12)13-4-3-6-20-13/h3-4,6,10-12,14,16H,5,7-9H2,1-2H3. The van der Waals surface area contributed by atoms with Crippen molar-refractivity contribution in [1.82, 2.24) is 10.2 Å². The van der Waals surface area contributed by atoms with E-state index >= 15 is 0 Å². The Morgan fingerprint density at radius 1 is 1.50 bits per heavy atom. The third kappa shape index (κ3) is 2.76. The van der Waals surface area contributed by atoms with E-state index in [0.717, 1.165) is 18.6 Å². The van der Waals surface area contributed by atoms with Crippen LogP contribution in [0.15, 0.2) is 17.5 Å². The number of thiophene rings is 1. The molecule has 20 heavy (non-hydrogen) atoms. The minimum absolute atomic E-state index is 0.00676. The van der Waals surface area contributed by atoms with Crippen molar-refractivity contribution in [3.05, 3.63) is 22.4 Å². The van der Waals surface area contributed by atoms with Gasteiger partial charge in [-0.25, -0.2) is 0 Å². The van der Waals surface area contributed by atoms with E-state index in [4.69, 9.17) is 0 Å². The third-order valence-corrected chi connectivity index (χ3v) is 6.08. The Balaban J connectivity index is 1.84. The fraction of sp³-hybridized carbons (Fsp3) is 0.667. The third-order valence-electron chi connectivity index (χ3n) is 4.01. The summed E-state index contributed by atoms with van der Waals surface area (Å²) < 4.78 is 0. The molecule has 3 unspecified atom stereocenters. The summed E-state index contributed by atoms with van der Waals surface area (Å²) in [5.74, 6) is 3.12. The van der Waals surface area contributed by atoms with E-state index < -0.39 is 0 Å². The van der Waals surface area contributed by atoms with Gasteiger partial charge in [0, 0.05) is 16.7 Å². The highest BCUT2D eigenvalue weighted by Gasteiger charge is 2.44. The smallest absolute Gasteiger partial charge is 0.241 e. The Bertz CT molecular complexity index is 454. The second-order valence-electron chi connectivity index (χ2n) is 6.03. The zero-order chi connectivity index (χ0) is 14.1. The molecule has 0 aliphatic carbocycles. The highest BCUT2D eigenvalue weighted by atomic mass is 32.2. The van der Waals surface area contributed by atoms with E-state index in [9.17, 15) is 4.79 Å². The first-order chi connectivity index (χ1) is 9.66. The Labute approximate surface area is 129 Å². The first-order valence-electron chi connectivity index (χ1n) is 7.36. The summed E-state index contributed by atoms with van der Waals surface area (Å²) in [6, 6.07) is 4.61. The summed E-state index contributed by atoms with van der Waals surface area (Å²) in [6.45, 7) is 4.37. The molecule has 2 aliphatic rings. The molecule has 5 heteroatoms. The highest BCUT2D eigenvalue weighted by Crippen LogP contribution is 2.36. The Kier molecular flexibility index (Phi) is 4.38. The minimum atomic E-state index is -0.00676. The van der Waals surface area contributed by atoms with Gasteiger partial charge in [0.2, 0.25) is 5.91 Å². The number of carbonyl (C=O) groups excluding carboxylic acids is 1. The molecule has 2 aliphatic heterocycles. The first-order valence-corrected chi connectivity index (χ1v) is 9.39. The molecule has 0 aromatic carbocycles. The van der Waals surface area contributed by atoms with Crippen LogP contribution in [0.5, 0.6) is 0 Å². The van der Waals surface area contributed by atoms with Gasteiger partial charge in [0.1, 0.15) is 6.17 Å². The molecule has 3 rings (SSSR count). The zero-order valence-electron chi connectivity index (χ0n) is 12.0. The number of amides is 1. The molecule has 1 amide bonds. The van der Waals surface area contributed by atoms with Crippen molar-refractivity contribution in [2.45, 2.75) is 44.9 Å². The summed E-state index contributed by atoms with van der Waals surface area (Å²) in [7, 11) is 0. The maximum atomic E-state index is 12.8. The van der Waals surface area contributed by atoms with Crippen LogP contribution in [0.2, 0.25) is 0 Å². The van der Waals surface area contributed by atoms with Crippen LogP contribution in [0, 0.1) is 5.92 Å². The van der Waals surface area contributed by atoms with Crippen LogP contribution in [0.3, 0.4) is 0 Å². The molecule has 0 radical (unpaired) electrons. The number of carbonyl (C=O) groups is 1. The van der Waals surface area contributed by atoms with Crippen LogP contribution in [0.25, 0.3) is 0 Å².